The van der Waals surface area contributed by atoms with Crippen molar-refractivity contribution in [3.63, 3.8) is 0 Å². The molecule has 0 spiro atoms. The van der Waals surface area contributed by atoms with Crippen LogP contribution < -0.4 is 10.6 Å². The number of rotatable bonds is 3. The van der Waals surface area contributed by atoms with E-state index >= 15 is 0 Å². The maximum absolute atomic E-state index is 5.83. The second-order valence-electron chi connectivity index (χ2n) is 4.45. The third kappa shape index (κ3) is 2.44. The molecule has 1 aromatic rings. The van der Waals surface area contributed by atoms with E-state index < -0.39 is 0 Å². The molecule has 0 aromatic carbocycles. The number of nitrogen functional groups attached to an aromatic ring is 1. The van der Waals surface area contributed by atoms with E-state index in [2.05, 4.69) is 28.8 Å². The zero-order valence-corrected chi connectivity index (χ0v) is 9.89. The van der Waals surface area contributed by atoms with E-state index in [-0.39, 0.29) is 0 Å². The van der Waals surface area contributed by atoms with Crippen molar-refractivity contribution in [2.75, 3.05) is 36.9 Å². The molecule has 90 valence electrons. The molecule has 1 aliphatic heterocycles. The monoisotopic (exact) mass is 225 g/mol. The summed E-state index contributed by atoms with van der Waals surface area (Å²) in [6.45, 7) is 8.22. The minimum Gasteiger partial charge on any atom is -0.378 e. The van der Waals surface area contributed by atoms with Gasteiger partial charge in [0, 0.05) is 19.6 Å². The Morgan fingerprint density at radius 2 is 2.06 bits per heavy atom. The highest BCUT2D eigenvalue weighted by Crippen LogP contribution is 2.13. The normalized spacial score (nSPS) is 17.1. The summed E-state index contributed by atoms with van der Waals surface area (Å²) in [6.07, 6.45) is 0. The fraction of sp³-hybridized carbons (Fsp3) is 0.800. The lowest BCUT2D eigenvalue weighted by Crippen LogP contribution is -2.37. The lowest BCUT2D eigenvalue weighted by Gasteiger charge is -2.25. The highest BCUT2D eigenvalue weighted by atomic mass is 16.5. The van der Waals surface area contributed by atoms with Crippen molar-refractivity contribution >= 4 is 11.9 Å². The van der Waals surface area contributed by atoms with Gasteiger partial charge in [-0.1, -0.05) is 13.8 Å². The minimum absolute atomic E-state index is 0.496. The molecule has 1 fully saturated rings. The van der Waals surface area contributed by atoms with E-state index in [9.17, 15) is 0 Å². The third-order valence-corrected chi connectivity index (χ3v) is 2.52. The van der Waals surface area contributed by atoms with Crippen LogP contribution in [-0.2, 0) is 11.3 Å². The highest BCUT2D eigenvalue weighted by molar-refractivity contribution is 5.35. The fourth-order valence-corrected chi connectivity index (χ4v) is 1.72. The first-order valence-electron chi connectivity index (χ1n) is 5.70. The van der Waals surface area contributed by atoms with Gasteiger partial charge in [0.2, 0.25) is 11.9 Å². The van der Waals surface area contributed by atoms with E-state index in [1.807, 2.05) is 0 Å². The van der Waals surface area contributed by atoms with Crippen molar-refractivity contribution in [2.24, 2.45) is 5.92 Å². The number of morpholine rings is 1. The zero-order valence-electron chi connectivity index (χ0n) is 9.89. The Hall–Kier alpha value is -1.30. The van der Waals surface area contributed by atoms with Crippen LogP contribution in [0.1, 0.15) is 13.8 Å². The Morgan fingerprint density at radius 1 is 1.38 bits per heavy atom. The first-order chi connectivity index (χ1) is 7.66. The van der Waals surface area contributed by atoms with Gasteiger partial charge in [-0.15, -0.1) is 5.10 Å². The van der Waals surface area contributed by atoms with Crippen LogP contribution in [0.4, 0.5) is 11.9 Å². The predicted octanol–water partition coefficient (Wildman–Crippen LogP) is 0.353. The van der Waals surface area contributed by atoms with Crippen molar-refractivity contribution < 1.29 is 4.74 Å². The van der Waals surface area contributed by atoms with Gasteiger partial charge in [-0.3, -0.25) is 0 Å². The average molecular weight is 225 g/mol. The first-order valence-corrected chi connectivity index (χ1v) is 5.70. The topological polar surface area (TPSA) is 69.2 Å². The van der Waals surface area contributed by atoms with Crippen molar-refractivity contribution in [3.8, 4) is 0 Å². The Bertz CT molecular complexity index is 343. The van der Waals surface area contributed by atoms with Gasteiger partial charge in [-0.25, -0.2) is 4.68 Å². The van der Waals surface area contributed by atoms with E-state index in [0.717, 1.165) is 38.8 Å². The summed E-state index contributed by atoms with van der Waals surface area (Å²) in [6, 6.07) is 0. The van der Waals surface area contributed by atoms with Crippen molar-refractivity contribution in [3.05, 3.63) is 0 Å². The number of aromatic nitrogens is 3. The molecule has 1 saturated heterocycles. The summed E-state index contributed by atoms with van der Waals surface area (Å²) < 4.78 is 7.06. The standard InChI is InChI=1S/C10H19N5O/c1-8(2)7-15-9(11)12-10(13-15)14-3-5-16-6-4-14/h8H,3-7H2,1-2H3,(H2,11,12,13). The molecule has 0 bridgehead atoms. The quantitative estimate of drug-likeness (QED) is 0.804. The van der Waals surface area contributed by atoms with Crippen LogP contribution >= 0.6 is 0 Å². The molecule has 0 radical (unpaired) electrons. The van der Waals surface area contributed by atoms with Crippen molar-refractivity contribution in [1.29, 1.82) is 0 Å². The summed E-state index contributed by atoms with van der Waals surface area (Å²) >= 11 is 0. The fourth-order valence-electron chi connectivity index (χ4n) is 1.72. The molecule has 0 aliphatic carbocycles. The summed E-state index contributed by atoms with van der Waals surface area (Å²) in [5.74, 6) is 1.73. The minimum atomic E-state index is 0.496. The van der Waals surface area contributed by atoms with Gasteiger partial charge in [0.25, 0.3) is 0 Å². The number of nitrogens with zero attached hydrogens (tertiary/aromatic N) is 4. The number of hydrogen-bond acceptors (Lipinski definition) is 5. The van der Waals surface area contributed by atoms with E-state index in [1.54, 1.807) is 4.68 Å². The maximum atomic E-state index is 5.83. The number of nitrogens with two attached hydrogens (primary N) is 1. The van der Waals surface area contributed by atoms with Gasteiger partial charge < -0.3 is 15.4 Å². The third-order valence-electron chi connectivity index (χ3n) is 2.52. The van der Waals surface area contributed by atoms with Gasteiger partial charge in [0.15, 0.2) is 0 Å². The number of ether oxygens (including phenoxy) is 1. The lowest BCUT2D eigenvalue weighted by atomic mass is 10.2. The number of anilines is 2. The van der Waals surface area contributed by atoms with E-state index in [1.165, 1.54) is 0 Å². The molecule has 1 aliphatic rings. The van der Waals surface area contributed by atoms with Crippen molar-refractivity contribution in [1.82, 2.24) is 14.8 Å². The Morgan fingerprint density at radius 3 is 2.69 bits per heavy atom. The molecule has 0 unspecified atom stereocenters. The van der Waals surface area contributed by atoms with Crippen LogP contribution in [-0.4, -0.2) is 41.1 Å². The van der Waals surface area contributed by atoms with Crippen LogP contribution in [0.2, 0.25) is 0 Å². The van der Waals surface area contributed by atoms with Gasteiger partial charge in [0.1, 0.15) is 0 Å². The lowest BCUT2D eigenvalue weighted by molar-refractivity contribution is 0.122. The summed E-state index contributed by atoms with van der Waals surface area (Å²) in [5, 5.41) is 4.42. The molecule has 2 rings (SSSR count). The zero-order chi connectivity index (χ0) is 11.5. The molecule has 0 atom stereocenters. The van der Waals surface area contributed by atoms with Crippen LogP contribution in [0.3, 0.4) is 0 Å². The molecule has 2 N–H and O–H groups in total. The molecular formula is C10H19N5O. The SMILES string of the molecule is CC(C)Cn1nc(N2CCOCC2)nc1N. The summed E-state index contributed by atoms with van der Waals surface area (Å²) in [5.41, 5.74) is 5.83. The Kier molecular flexibility index (Phi) is 3.28. The van der Waals surface area contributed by atoms with Crippen LogP contribution in [0, 0.1) is 5.92 Å². The highest BCUT2D eigenvalue weighted by Gasteiger charge is 2.17. The van der Waals surface area contributed by atoms with Crippen LogP contribution in [0.25, 0.3) is 0 Å². The molecule has 2 heterocycles. The molecule has 1 aromatic heterocycles. The molecular weight excluding hydrogens is 206 g/mol. The van der Waals surface area contributed by atoms with E-state index in [4.69, 9.17) is 10.5 Å². The molecule has 6 nitrogen and oxygen atoms in total. The molecule has 0 amide bonds. The molecule has 0 saturated carbocycles. The maximum Gasteiger partial charge on any atom is 0.246 e. The Balaban J connectivity index is 2.09. The molecule has 16 heavy (non-hydrogen) atoms. The smallest absolute Gasteiger partial charge is 0.246 e. The van der Waals surface area contributed by atoms with E-state index in [0.29, 0.717) is 11.9 Å². The summed E-state index contributed by atoms with van der Waals surface area (Å²) in [4.78, 5) is 6.40. The molecule has 6 heteroatoms. The number of hydrogen-bond donors (Lipinski definition) is 1. The van der Waals surface area contributed by atoms with Gasteiger partial charge >= 0.3 is 0 Å². The predicted molar refractivity (Wildman–Crippen MR) is 62.3 cm³/mol. The first kappa shape index (κ1) is 11.2. The Labute approximate surface area is 95.4 Å². The van der Waals surface area contributed by atoms with Gasteiger partial charge in [0.05, 0.1) is 13.2 Å². The van der Waals surface area contributed by atoms with Gasteiger partial charge in [-0.05, 0) is 5.92 Å². The second-order valence-corrected chi connectivity index (χ2v) is 4.45. The van der Waals surface area contributed by atoms with Crippen molar-refractivity contribution in [2.45, 2.75) is 20.4 Å². The second kappa shape index (κ2) is 4.69. The van der Waals surface area contributed by atoms with Gasteiger partial charge in [-0.2, -0.15) is 4.98 Å². The largest absolute Gasteiger partial charge is 0.378 e. The average Bonchev–Trinajstić information content (AvgIpc) is 2.61. The summed E-state index contributed by atoms with van der Waals surface area (Å²) in [7, 11) is 0. The van der Waals surface area contributed by atoms with Crippen LogP contribution in [0.15, 0.2) is 0 Å². The van der Waals surface area contributed by atoms with Crippen LogP contribution in [0.5, 0.6) is 0 Å².